The van der Waals surface area contributed by atoms with Crippen LogP contribution in [-0.4, -0.2) is 43.1 Å². The number of benzene rings is 1. The summed E-state index contributed by atoms with van der Waals surface area (Å²) in [7, 11) is 1.96. The third-order valence-corrected chi connectivity index (χ3v) is 6.07. The molecule has 4 rings (SSSR count). The maximum atomic E-state index is 6.10. The van der Waals surface area contributed by atoms with Gasteiger partial charge in [0.2, 0.25) is 0 Å². The summed E-state index contributed by atoms with van der Waals surface area (Å²) in [5, 5.41) is 20.7. The van der Waals surface area contributed by atoms with Crippen molar-refractivity contribution < 1.29 is 0 Å². The maximum Gasteiger partial charge on any atom is 0.192 e. The zero-order valence-electron chi connectivity index (χ0n) is 18.4. The van der Waals surface area contributed by atoms with Gasteiger partial charge in [0.15, 0.2) is 11.8 Å². The Labute approximate surface area is 210 Å². The van der Waals surface area contributed by atoms with Gasteiger partial charge in [0.05, 0.1) is 6.04 Å². The Morgan fingerprint density at radius 3 is 2.59 bits per heavy atom. The van der Waals surface area contributed by atoms with Crippen LogP contribution in [0, 0.1) is 6.92 Å². The van der Waals surface area contributed by atoms with E-state index >= 15 is 0 Å². The Morgan fingerprint density at radius 1 is 1.22 bits per heavy atom. The number of nitrogens with zero attached hydrogens (tertiary/aromatic N) is 6. The van der Waals surface area contributed by atoms with E-state index in [1.54, 1.807) is 6.20 Å². The van der Waals surface area contributed by atoms with Crippen molar-refractivity contribution in [2.24, 2.45) is 12.0 Å². The topological polar surface area (TPSA) is 85.0 Å². The van der Waals surface area contributed by atoms with Crippen molar-refractivity contribution in [2.45, 2.75) is 51.2 Å². The Hall–Kier alpha value is -2.14. The molecule has 1 atom stereocenters. The van der Waals surface area contributed by atoms with Crippen LogP contribution in [0.25, 0.3) is 0 Å². The summed E-state index contributed by atoms with van der Waals surface area (Å²) < 4.78 is 3.92. The van der Waals surface area contributed by atoms with Crippen LogP contribution in [0.3, 0.4) is 0 Å². The highest BCUT2D eigenvalue weighted by atomic mass is 127. The van der Waals surface area contributed by atoms with E-state index in [2.05, 4.69) is 25.9 Å². The highest BCUT2D eigenvalue weighted by molar-refractivity contribution is 14.0. The number of halogens is 2. The van der Waals surface area contributed by atoms with E-state index in [9.17, 15) is 0 Å². The molecule has 2 heterocycles. The smallest absolute Gasteiger partial charge is 0.192 e. The van der Waals surface area contributed by atoms with Crippen molar-refractivity contribution in [1.29, 1.82) is 0 Å². The lowest BCUT2D eigenvalue weighted by atomic mass is 10.1. The molecule has 2 N–H and O–H groups in total. The third-order valence-electron chi connectivity index (χ3n) is 5.82. The van der Waals surface area contributed by atoms with Crippen LogP contribution in [0.1, 0.15) is 48.9 Å². The molecule has 1 saturated carbocycles. The zero-order chi connectivity index (χ0) is 21.6. The molecule has 1 fully saturated rings. The number of rotatable bonds is 7. The maximum absolute atomic E-state index is 6.10. The van der Waals surface area contributed by atoms with Crippen LogP contribution in [0.15, 0.2) is 47.7 Å². The second kappa shape index (κ2) is 11.6. The number of hydrogen-bond donors (Lipinski definition) is 2. The number of nitrogens with one attached hydrogen (secondary N) is 2. The van der Waals surface area contributed by atoms with Crippen LogP contribution in [-0.2, 0) is 13.6 Å². The first-order valence-electron chi connectivity index (χ1n) is 10.7. The molecule has 0 saturated heterocycles. The van der Waals surface area contributed by atoms with Gasteiger partial charge in [-0.05, 0) is 43.5 Å². The molecule has 1 aliphatic rings. The van der Waals surface area contributed by atoms with Crippen molar-refractivity contribution >= 4 is 41.5 Å². The molecule has 0 aliphatic heterocycles. The van der Waals surface area contributed by atoms with E-state index in [1.807, 2.05) is 59.7 Å². The number of aryl methyl sites for hydroxylation is 1. The summed E-state index contributed by atoms with van der Waals surface area (Å²) in [6, 6.07) is 10.3. The Morgan fingerprint density at radius 2 is 1.97 bits per heavy atom. The van der Waals surface area contributed by atoms with E-state index in [-0.39, 0.29) is 30.0 Å². The third kappa shape index (κ3) is 6.22. The van der Waals surface area contributed by atoms with Gasteiger partial charge >= 0.3 is 0 Å². The van der Waals surface area contributed by atoms with Crippen molar-refractivity contribution in [3.05, 3.63) is 65.0 Å². The monoisotopic (exact) mass is 568 g/mol. The molecule has 1 unspecified atom stereocenters. The summed E-state index contributed by atoms with van der Waals surface area (Å²) in [5.74, 6) is 2.51. The highest BCUT2D eigenvalue weighted by Crippen LogP contribution is 2.20. The molecule has 0 radical (unpaired) electrons. The van der Waals surface area contributed by atoms with Crippen LogP contribution >= 0.6 is 35.6 Å². The lowest BCUT2D eigenvalue weighted by Crippen LogP contribution is -2.44. The minimum Gasteiger partial charge on any atom is -0.354 e. The summed E-state index contributed by atoms with van der Waals surface area (Å²) in [6.45, 7) is 3.05. The van der Waals surface area contributed by atoms with Gasteiger partial charge in [-0.1, -0.05) is 36.6 Å². The second-order valence-electron chi connectivity index (χ2n) is 7.95. The van der Waals surface area contributed by atoms with E-state index in [0.717, 1.165) is 28.2 Å². The Balaban J connectivity index is 0.00000289. The van der Waals surface area contributed by atoms with E-state index in [4.69, 9.17) is 16.6 Å². The molecule has 1 aromatic carbocycles. The number of guanidine groups is 1. The van der Waals surface area contributed by atoms with Gasteiger partial charge in [0, 0.05) is 37.1 Å². The largest absolute Gasteiger partial charge is 0.354 e. The molecule has 172 valence electrons. The SMILES string of the molecule is Cc1nnc(CN=C(NCC(c2ccc(Cl)cc2)n2cccn2)NC2CCCC2)n1C.I. The molecule has 1 aliphatic carbocycles. The van der Waals surface area contributed by atoms with Gasteiger partial charge in [0.25, 0.3) is 0 Å². The number of aliphatic imine (C=N–C) groups is 1. The fourth-order valence-corrected chi connectivity index (χ4v) is 3.99. The number of hydrogen-bond acceptors (Lipinski definition) is 4. The van der Waals surface area contributed by atoms with E-state index in [1.165, 1.54) is 25.7 Å². The highest BCUT2D eigenvalue weighted by Gasteiger charge is 2.19. The van der Waals surface area contributed by atoms with Crippen molar-refractivity contribution in [3.63, 3.8) is 0 Å². The summed E-state index contributed by atoms with van der Waals surface area (Å²) in [5.41, 5.74) is 1.13. The molecule has 32 heavy (non-hydrogen) atoms. The quantitative estimate of drug-likeness (QED) is 0.257. The molecular formula is C22H30ClIN8. The lowest BCUT2D eigenvalue weighted by molar-refractivity contribution is 0.506. The summed E-state index contributed by atoms with van der Waals surface area (Å²) >= 11 is 6.10. The second-order valence-corrected chi connectivity index (χ2v) is 8.38. The van der Waals surface area contributed by atoms with Crippen LogP contribution in [0.5, 0.6) is 0 Å². The molecule has 10 heteroatoms. The molecule has 0 bridgehead atoms. The average Bonchev–Trinajstić information content (AvgIpc) is 3.53. The van der Waals surface area contributed by atoms with Crippen molar-refractivity contribution in [1.82, 2.24) is 35.2 Å². The van der Waals surface area contributed by atoms with Gasteiger partial charge in [0.1, 0.15) is 12.4 Å². The first-order valence-corrected chi connectivity index (χ1v) is 11.1. The fourth-order valence-electron chi connectivity index (χ4n) is 3.86. The predicted molar refractivity (Wildman–Crippen MR) is 138 cm³/mol. The fraction of sp³-hybridized carbons (Fsp3) is 0.455. The van der Waals surface area contributed by atoms with Crippen LogP contribution < -0.4 is 10.6 Å². The normalized spacial score (nSPS) is 15.4. The van der Waals surface area contributed by atoms with Crippen LogP contribution in [0.4, 0.5) is 0 Å². The van der Waals surface area contributed by atoms with Gasteiger partial charge in [-0.2, -0.15) is 5.10 Å². The minimum atomic E-state index is 0. The lowest BCUT2D eigenvalue weighted by Gasteiger charge is -2.22. The molecule has 3 aromatic rings. The molecule has 2 aromatic heterocycles. The Bertz CT molecular complexity index is 994. The van der Waals surface area contributed by atoms with Gasteiger partial charge in [-0.25, -0.2) is 4.99 Å². The van der Waals surface area contributed by atoms with Crippen LogP contribution in [0.2, 0.25) is 5.02 Å². The molecule has 0 spiro atoms. The van der Waals surface area contributed by atoms with E-state index < -0.39 is 0 Å². The summed E-state index contributed by atoms with van der Waals surface area (Å²) in [6.07, 6.45) is 8.63. The van der Waals surface area contributed by atoms with Crippen molar-refractivity contribution in [3.8, 4) is 0 Å². The zero-order valence-corrected chi connectivity index (χ0v) is 21.5. The molecule has 0 amide bonds. The van der Waals surface area contributed by atoms with Gasteiger partial charge < -0.3 is 15.2 Å². The van der Waals surface area contributed by atoms with Gasteiger partial charge in [-0.3, -0.25) is 4.68 Å². The summed E-state index contributed by atoms with van der Waals surface area (Å²) in [4.78, 5) is 4.81. The molecule has 8 nitrogen and oxygen atoms in total. The Kier molecular flexibility index (Phi) is 8.92. The molecular weight excluding hydrogens is 539 g/mol. The average molecular weight is 569 g/mol. The van der Waals surface area contributed by atoms with E-state index in [0.29, 0.717) is 19.1 Å². The predicted octanol–water partition coefficient (Wildman–Crippen LogP) is 3.86. The first-order chi connectivity index (χ1) is 15.1. The van der Waals surface area contributed by atoms with Gasteiger partial charge in [-0.15, -0.1) is 34.2 Å². The standard InChI is InChI=1S/C22H29ClN8.HI/c1-16-28-29-21(30(16)2)15-25-22(27-19-6-3-4-7-19)24-14-20(31-13-5-12-26-31)17-8-10-18(23)11-9-17;/h5,8-13,19-20H,3-4,6-7,14-15H2,1-2H3,(H2,24,25,27);1H. The first kappa shape index (κ1) is 24.5. The minimum absolute atomic E-state index is 0. The van der Waals surface area contributed by atoms with Crippen molar-refractivity contribution in [2.75, 3.05) is 6.54 Å². The number of aromatic nitrogens is 5.